The van der Waals surface area contributed by atoms with Gasteiger partial charge in [-0.3, -0.25) is 4.98 Å². The average molecular weight is 319 g/mol. The quantitative estimate of drug-likeness (QED) is 0.876. The first-order valence-electron chi connectivity index (χ1n) is 8.66. The van der Waals surface area contributed by atoms with Crippen molar-refractivity contribution in [2.75, 3.05) is 13.7 Å². The predicted octanol–water partition coefficient (Wildman–Crippen LogP) is 3.21. The molecule has 1 aromatic rings. The molecule has 5 heteroatoms. The first-order valence-corrected chi connectivity index (χ1v) is 8.66. The van der Waals surface area contributed by atoms with Crippen LogP contribution < -0.4 is 5.32 Å². The van der Waals surface area contributed by atoms with Crippen LogP contribution in [0, 0.1) is 5.92 Å². The third-order valence-corrected chi connectivity index (χ3v) is 4.71. The number of pyridine rings is 1. The lowest BCUT2D eigenvalue weighted by atomic mass is 9.89. The number of carbonyl (C=O) groups is 1. The SMILES string of the molecule is CCC(CC)[C@@H]1C[C@@H](NC(=O)N(C)Cc2cccnc2)CCO1. The minimum Gasteiger partial charge on any atom is -0.378 e. The largest absolute Gasteiger partial charge is 0.378 e. The molecule has 2 rings (SSSR count). The Morgan fingerprint density at radius 1 is 1.48 bits per heavy atom. The lowest BCUT2D eigenvalue weighted by Crippen LogP contribution is -2.47. The number of ether oxygens (including phenoxy) is 1. The third kappa shape index (κ3) is 5.20. The Labute approximate surface area is 139 Å². The molecule has 0 radical (unpaired) electrons. The van der Waals surface area contributed by atoms with Crippen LogP contribution in [-0.2, 0) is 11.3 Å². The molecule has 5 nitrogen and oxygen atoms in total. The highest BCUT2D eigenvalue weighted by Gasteiger charge is 2.28. The van der Waals surface area contributed by atoms with Gasteiger partial charge in [0, 0.05) is 38.6 Å². The van der Waals surface area contributed by atoms with Crippen molar-refractivity contribution in [2.24, 2.45) is 5.92 Å². The van der Waals surface area contributed by atoms with E-state index in [-0.39, 0.29) is 18.2 Å². The number of hydrogen-bond donors (Lipinski definition) is 1. The molecule has 0 unspecified atom stereocenters. The molecule has 1 aromatic heterocycles. The lowest BCUT2D eigenvalue weighted by molar-refractivity contribution is -0.0335. The monoisotopic (exact) mass is 319 g/mol. The van der Waals surface area contributed by atoms with Crippen molar-refractivity contribution >= 4 is 6.03 Å². The summed E-state index contributed by atoms with van der Waals surface area (Å²) in [6.45, 7) is 5.72. The van der Waals surface area contributed by atoms with Gasteiger partial charge in [-0.15, -0.1) is 0 Å². The van der Waals surface area contributed by atoms with Crippen molar-refractivity contribution in [1.82, 2.24) is 15.2 Å². The molecule has 1 aliphatic heterocycles. The molecule has 0 aromatic carbocycles. The molecule has 0 aliphatic carbocycles. The number of carbonyl (C=O) groups excluding carboxylic acids is 1. The maximum atomic E-state index is 12.4. The fourth-order valence-electron chi connectivity index (χ4n) is 3.22. The van der Waals surface area contributed by atoms with E-state index in [2.05, 4.69) is 24.1 Å². The summed E-state index contributed by atoms with van der Waals surface area (Å²) in [5, 5.41) is 3.16. The van der Waals surface area contributed by atoms with Gasteiger partial charge in [0.25, 0.3) is 0 Å². The number of nitrogens with zero attached hydrogens (tertiary/aromatic N) is 2. The summed E-state index contributed by atoms with van der Waals surface area (Å²) in [6, 6.07) is 4.05. The second-order valence-corrected chi connectivity index (χ2v) is 6.37. The molecule has 1 fully saturated rings. The van der Waals surface area contributed by atoms with Crippen molar-refractivity contribution < 1.29 is 9.53 Å². The van der Waals surface area contributed by atoms with Gasteiger partial charge >= 0.3 is 6.03 Å². The van der Waals surface area contributed by atoms with Gasteiger partial charge < -0.3 is 15.0 Å². The Bertz CT molecular complexity index is 476. The van der Waals surface area contributed by atoms with Crippen molar-refractivity contribution in [1.29, 1.82) is 0 Å². The van der Waals surface area contributed by atoms with Gasteiger partial charge in [0.05, 0.1) is 6.10 Å². The Morgan fingerprint density at radius 2 is 2.26 bits per heavy atom. The predicted molar refractivity (Wildman–Crippen MR) is 91.1 cm³/mol. The summed E-state index contributed by atoms with van der Waals surface area (Å²) >= 11 is 0. The standard InChI is InChI=1S/C18H29N3O2/c1-4-15(5-2)17-11-16(8-10-23-17)20-18(22)21(3)13-14-7-6-9-19-12-14/h6-7,9,12,15-17H,4-5,8,10-11,13H2,1-3H3,(H,20,22)/t16-,17-/m0/s1. The topological polar surface area (TPSA) is 54.5 Å². The highest BCUT2D eigenvalue weighted by Crippen LogP contribution is 2.25. The van der Waals surface area contributed by atoms with E-state index in [0.29, 0.717) is 12.5 Å². The van der Waals surface area contributed by atoms with Crippen LogP contribution in [0.15, 0.2) is 24.5 Å². The molecule has 0 saturated carbocycles. The number of amides is 2. The molecule has 23 heavy (non-hydrogen) atoms. The minimum atomic E-state index is -0.0240. The lowest BCUT2D eigenvalue weighted by Gasteiger charge is -2.35. The number of rotatable bonds is 6. The maximum Gasteiger partial charge on any atom is 0.317 e. The van der Waals surface area contributed by atoms with Crippen LogP contribution in [0.3, 0.4) is 0 Å². The van der Waals surface area contributed by atoms with Crippen LogP contribution in [0.5, 0.6) is 0 Å². The van der Waals surface area contributed by atoms with Gasteiger partial charge in [0.15, 0.2) is 0 Å². The molecule has 2 heterocycles. The van der Waals surface area contributed by atoms with Crippen LogP contribution in [0.4, 0.5) is 4.79 Å². The summed E-state index contributed by atoms with van der Waals surface area (Å²) in [5.74, 6) is 0.586. The molecule has 1 saturated heterocycles. The second kappa shape index (κ2) is 8.87. The van der Waals surface area contributed by atoms with Gasteiger partial charge in [0.2, 0.25) is 0 Å². The molecular weight excluding hydrogens is 290 g/mol. The third-order valence-electron chi connectivity index (χ3n) is 4.71. The van der Waals surface area contributed by atoms with Gasteiger partial charge in [-0.1, -0.05) is 32.8 Å². The van der Waals surface area contributed by atoms with Gasteiger partial charge in [0.1, 0.15) is 0 Å². The van der Waals surface area contributed by atoms with E-state index in [1.54, 1.807) is 17.3 Å². The molecule has 1 N–H and O–H groups in total. The fourth-order valence-corrected chi connectivity index (χ4v) is 3.22. The number of hydrogen-bond acceptors (Lipinski definition) is 3. The van der Waals surface area contributed by atoms with Crippen LogP contribution >= 0.6 is 0 Å². The zero-order chi connectivity index (χ0) is 16.7. The number of nitrogens with one attached hydrogen (secondary N) is 1. The Balaban J connectivity index is 1.84. The smallest absolute Gasteiger partial charge is 0.317 e. The van der Waals surface area contributed by atoms with E-state index in [4.69, 9.17) is 4.74 Å². The summed E-state index contributed by atoms with van der Waals surface area (Å²) in [7, 11) is 1.82. The van der Waals surface area contributed by atoms with E-state index in [1.165, 1.54) is 0 Å². The first-order chi connectivity index (χ1) is 11.1. The molecule has 2 atom stereocenters. The molecule has 1 aliphatic rings. The molecule has 0 bridgehead atoms. The Kier molecular flexibility index (Phi) is 6.84. The molecule has 2 amide bonds. The molecular formula is C18H29N3O2. The van der Waals surface area contributed by atoms with Gasteiger partial charge in [-0.05, 0) is 30.4 Å². The van der Waals surface area contributed by atoms with E-state index < -0.39 is 0 Å². The number of urea groups is 1. The molecule has 0 spiro atoms. The second-order valence-electron chi connectivity index (χ2n) is 6.37. The highest BCUT2D eigenvalue weighted by atomic mass is 16.5. The summed E-state index contributed by atoms with van der Waals surface area (Å²) in [5.41, 5.74) is 1.03. The van der Waals surface area contributed by atoms with E-state index in [0.717, 1.165) is 37.9 Å². The normalized spacial score (nSPS) is 21.2. The van der Waals surface area contributed by atoms with E-state index in [9.17, 15) is 4.79 Å². The van der Waals surface area contributed by atoms with Crippen LogP contribution in [0.2, 0.25) is 0 Å². The van der Waals surface area contributed by atoms with Crippen molar-refractivity contribution in [2.45, 2.75) is 58.2 Å². The van der Waals surface area contributed by atoms with Crippen molar-refractivity contribution in [3.05, 3.63) is 30.1 Å². The minimum absolute atomic E-state index is 0.0240. The summed E-state index contributed by atoms with van der Waals surface area (Å²) in [6.07, 6.45) is 7.87. The fraction of sp³-hybridized carbons (Fsp3) is 0.667. The zero-order valence-electron chi connectivity index (χ0n) is 14.5. The first kappa shape index (κ1) is 17.7. The van der Waals surface area contributed by atoms with E-state index in [1.807, 2.05) is 19.2 Å². The average Bonchev–Trinajstić information content (AvgIpc) is 2.57. The summed E-state index contributed by atoms with van der Waals surface area (Å²) in [4.78, 5) is 18.2. The number of aromatic nitrogens is 1. The highest BCUT2D eigenvalue weighted by molar-refractivity contribution is 5.74. The van der Waals surface area contributed by atoms with Crippen LogP contribution in [0.1, 0.15) is 45.1 Å². The summed E-state index contributed by atoms with van der Waals surface area (Å²) < 4.78 is 5.92. The van der Waals surface area contributed by atoms with Gasteiger partial charge in [-0.25, -0.2) is 4.79 Å². The van der Waals surface area contributed by atoms with E-state index >= 15 is 0 Å². The van der Waals surface area contributed by atoms with Crippen LogP contribution in [0.25, 0.3) is 0 Å². The Hall–Kier alpha value is -1.62. The van der Waals surface area contributed by atoms with Crippen molar-refractivity contribution in [3.63, 3.8) is 0 Å². The molecule has 128 valence electrons. The van der Waals surface area contributed by atoms with Crippen LogP contribution in [-0.4, -0.2) is 41.7 Å². The maximum absolute atomic E-state index is 12.4. The van der Waals surface area contributed by atoms with Gasteiger partial charge in [-0.2, -0.15) is 0 Å². The zero-order valence-corrected chi connectivity index (χ0v) is 14.5. The Morgan fingerprint density at radius 3 is 2.91 bits per heavy atom. The van der Waals surface area contributed by atoms with Crippen molar-refractivity contribution in [3.8, 4) is 0 Å².